The number of aryl methyl sites for hydroxylation is 1. The third kappa shape index (κ3) is 4.62. The van der Waals surface area contributed by atoms with Gasteiger partial charge in [-0.25, -0.2) is 14.5 Å². The molecule has 3 heterocycles. The average molecular weight is 446 g/mol. The van der Waals surface area contributed by atoms with Crippen molar-refractivity contribution in [2.24, 2.45) is 0 Å². The largest absolute Gasteiger partial charge is 0.497 e. The van der Waals surface area contributed by atoms with E-state index >= 15 is 0 Å². The van der Waals surface area contributed by atoms with Gasteiger partial charge in [0, 0.05) is 18.7 Å². The first kappa shape index (κ1) is 22.6. The number of anilines is 1. The van der Waals surface area contributed by atoms with Gasteiger partial charge >= 0.3 is 0 Å². The summed E-state index contributed by atoms with van der Waals surface area (Å²) >= 11 is 0. The van der Waals surface area contributed by atoms with Crippen LogP contribution in [0.2, 0.25) is 0 Å². The van der Waals surface area contributed by atoms with Crippen LogP contribution in [-0.4, -0.2) is 33.3 Å². The summed E-state index contributed by atoms with van der Waals surface area (Å²) in [7, 11) is 1.68. The van der Waals surface area contributed by atoms with E-state index in [4.69, 9.17) is 19.6 Å². The summed E-state index contributed by atoms with van der Waals surface area (Å²) in [4.78, 5) is 9.30. The monoisotopic (exact) mass is 445 g/mol. The van der Waals surface area contributed by atoms with Gasteiger partial charge in [0.2, 0.25) is 5.88 Å². The molecule has 7 nitrogen and oxygen atoms in total. The Kier molecular flexibility index (Phi) is 6.77. The zero-order valence-electron chi connectivity index (χ0n) is 19.9. The van der Waals surface area contributed by atoms with Gasteiger partial charge in [0.1, 0.15) is 17.1 Å². The molecule has 0 bridgehead atoms. The van der Waals surface area contributed by atoms with E-state index in [0.717, 1.165) is 51.7 Å². The van der Waals surface area contributed by atoms with Crippen LogP contribution in [0.1, 0.15) is 50.2 Å². The van der Waals surface area contributed by atoms with Crippen molar-refractivity contribution in [3.8, 4) is 22.9 Å². The first-order valence-corrected chi connectivity index (χ1v) is 11.4. The van der Waals surface area contributed by atoms with E-state index in [2.05, 4.69) is 42.3 Å². The van der Waals surface area contributed by atoms with E-state index in [9.17, 15) is 0 Å². The zero-order chi connectivity index (χ0) is 23.4. The van der Waals surface area contributed by atoms with Crippen LogP contribution in [0.25, 0.3) is 16.8 Å². The number of pyridine rings is 1. The second-order valence-corrected chi connectivity index (χ2v) is 8.05. The molecule has 7 heteroatoms. The smallest absolute Gasteiger partial charge is 0.222 e. The Morgan fingerprint density at radius 3 is 2.61 bits per heavy atom. The normalized spacial score (nSPS) is 12.0. The number of ether oxygens (including phenoxy) is 2. The van der Waals surface area contributed by atoms with E-state index in [1.807, 2.05) is 42.6 Å². The topological polar surface area (TPSA) is 73.6 Å². The number of hydrogen-bond acceptors (Lipinski definition) is 6. The molecule has 4 rings (SSSR count). The molecule has 0 amide bonds. The lowest BCUT2D eigenvalue weighted by molar-refractivity contribution is 0.328. The number of imidazole rings is 1. The van der Waals surface area contributed by atoms with Crippen molar-refractivity contribution in [2.75, 3.05) is 19.0 Å². The molecule has 1 N–H and O–H groups in total. The van der Waals surface area contributed by atoms with Crippen LogP contribution in [0.3, 0.4) is 0 Å². The number of hydrogen-bond donors (Lipinski definition) is 1. The molecule has 0 radical (unpaired) electrons. The summed E-state index contributed by atoms with van der Waals surface area (Å²) in [5.74, 6) is 2.60. The first-order valence-electron chi connectivity index (χ1n) is 11.4. The number of nitrogens with one attached hydrogen (secondary N) is 1. The Hall–Kier alpha value is -3.61. The molecule has 0 saturated carbocycles. The highest BCUT2D eigenvalue weighted by Crippen LogP contribution is 2.34. The second kappa shape index (κ2) is 9.90. The number of rotatable bonds is 9. The highest BCUT2D eigenvalue weighted by molar-refractivity contribution is 5.80. The van der Waals surface area contributed by atoms with Crippen molar-refractivity contribution in [1.82, 2.24) is 19.6 Å². The fraction of sp³-hybridized carbons (Fsp3) is 0.346. The highest BCUT2D eigenvalue weighted by atomic mass is 16.5. The summed E-state index contributed by atoms with van der Waals surface area (Å²) < 4.78 is 13.0. The predicted octanol–water partition coefficient (Wildman–Crippen LogP) is 5.63. The minimum atomic E-state index is 0.320. The maximum absolute atomic E-state index is 5.78. The highest BCUT2D eigenvalue weighted by Gasteiger charge is 2.20. The van der Waals surface area contributed by atoms with Crippen molar-refractivity contribution in [2.45, 2.75) is 46.6 Å². The summed E-state index contributed by atoms with van der Waals surface area (Å²) in [6.45, 7) is 9.54. The zero-order valence-corrected chi connectivity index (χ0v) is 19.9. The van der Waals surface area contributed by atoms with Crippen LogP contribution in [0.15, 0.2) is 48.7 Å². The van der Waals surface area contributed by atoms with Crippen molar-refractivity contribution < 1.29 is 9.47 Å². The SMILES string of the molecule is CCOc1ncccc1-c1cc(NCc2ccc(OC)cc2)c2c([C@H](C)CC)nc(C)n2n1. The van der Waals surface area contributed by atoms with Crippen molar-refractivity contribution >= 4 is 11.2 Å². The Bertz CT molecular complexity index is 1230. The maximum atomic E-state index is 5.78. The van der Waals surface area contributed by atoms with E-state index in [1.165, 1.54) is 0 Å². The fourth-order valence-corrected chi connectivity index (χ4v) is 3.84. The van der Waals surface area contributed by atoms with E-state index in [-0.39, 0.29) is 0 Å². The van der Waals surface area contributed by atoms with Gasteiger partial charge in [-0.3, -0.25) is 0 Å². The Balaban J connectivity index is 1.82. The van der Waals surface area contributed by atoms with Crippen LogP contribution in [0.4, 0.5) is 5.69 Å². The van der Waals surface area contributed by atoms with Gasteiger partial charge in [-0.05, 0) is 56.2 Å². The number of fused-ring (bicyclic) bond motifs is 1. The van der Waals surface area contributed by atoms with Crippen LogP contribution >= 0.6 is 0 Å². The van der Waals surface area contributed by atoms with Crippen LogP contribution in [-0.2, 0) is 6.54 Å². The lowest BCUT2D eigenvalue weighted by Gasteiger charge is -2.15. The average Bonchev–Trinajstić information content (AvgIpc) is 3.19. The van der Waals surface area contributed by atoms with Gasteiger partial charge in [0.05, 0.1) is 36.4 Å². The molecular formula is C26H31N5O2. The fourth-order valence-electron chi connectivity index (χ4n) is 3.84. The number of benzene rings is 1. The Labute approximate surface area is 194 Å². The summed E-state index contributed by atoms with van der Waals surface area (Å²) in [5.41, 5.74) is 5.85. The van der Waals surface area contributed by atoms with Gasteiger partial charge in [0.25, 0.3) is 0 Å². The number of methoxy groups -OCH3 is 1. The Morgan fingerprint density at radius 1 is 1.12 bits per heavy atom. The quantitative estimate of drug-likeness (QED) is 0.360. The molecule has 33 heavy (non-hydrogen) atoms. The van der Waals surface area contributed by atoms with Gasteiger partial charge in [-0.1, -0.05) is 26.0 Å². The van der Waals surface area contributed by atoms with Crippen molar-refractivity contribution in [3.63, 3.8) is 0 Å². The van der Waals surface area contributed by atoms with Crippen LogP contribution < -0.4 is 14.8 Å². The first-order chi connectivity index (χ1) is 16.0. The molecule has 3 aromatic heterocycles. The molecular weight excluding hydrogens is 414 g/mol. The van der Waals surface area contributed by atoms with Gasteiger partial charge < -0.3 is 14.8 Å². The van der Waals surface area contributed by atoms with Gasteiger partial charge in [-0.2, -0.15) is 5.10 Å². The molecule has 0 unspecified atom stereocenters. The Morgan fingerprint density at radius 2 is 1.91 bits per heavy atom. The van der Waals surface area contributed by atoms with E-state index in [1.54, 1.807) is 13.3 Å². The third-order valence-electron chi connectivity index (χ3n) is 5.84. The summed E-state index contributed by atoms with van der Waals surface area (Å²) in [6, 6.07) is 14.0. The van der Waals surface area contributed by atoms with E-state index in [0.29, 0.717) is 24.9 Å². The molecule has 0 fully saturated rings. The molecule has 1 aromatic carbocycles. The van der Waals surface area contributed by atoms with E-state index < -0.39 is 0 Å². The van der Waals surface area contributed by atoms with Crippen molar-refractivity contribution in [3.05, 3.63) is 65.7 Å². The molecule has 172 valence electrons. The maximum Gasteiger partial charge on any atom is 0.222 e. The standard InChI is InChI=1S/C26H31N5O2/c1-6-17(3)24-25-23(28-16-19-10-12-20(32-5)13-11-19)15-22(30-31(25)18(4)29-24)21-9-8-14-27-26(21)33-7-2/h8-15,17,28H,6-7,16H2,1-5H3/t17-/m1/s1. The minimum absolute atomic E-state index is 0.320. The molecule has 0 spiro atoms. The predicted molar refractivity (Wildman–Crippen MR) is 131 cm³/mol. The van der Waals surface area contributed by atoms with Crippen LogP contribution in [0, 0.1) is 6.92 Å². The minimum Gasteiger partial charge on any atom is -0.497 e. The molecule has 0 aliphatic carbocycles. The molecule has 0 saturated heterocycles. The van der Waals surface area contributed by atoms with Gasteiger partial charge in [-0.15, -0.1) is 0 Å². The van der Waals surface area contributed by atoms with Crippen LogP contribution in [0.5, 0.6) is 11.6 Å². The lowest BCUT2D eigenvalue weighted by atomic mass is 10.0. The lowest BCUT2D eigenvalue weighted by Crippen LogP contribution is -2.07. The molecule has 0 aliphatic heterocycles. The summed E-state index contributed by atoms with van der Waals surface area (Å²) in [6.07, 6.45) is 2.74. The number of nitrogens with zero attached hydrogens (tertiary/aromatic N) is 4. The molecule has 0 aliphatic rings. The molecule has 4 aromatic rings. The third-order valence-corrected chi connectivity index (χ3v) is 5.84. The van der Waals surface area contributed by atoms with Crippen molar-refractivity contribution in [1.29, 1.82) is 0 Å². The molecule has 1 atom stereocenters. The summed E-state index contributed by atoms with van der Waals surface area (Å²) in [5, 5.41) is 8.57. The van der Waals surface area contributed by atoms with Gasteiger partial charge in [0.15, 0.2) is 0 Å². The number of aromatic nitrogens is 4. The second-order valence-electron chi connectivity index (χ2n) is 8.05.